The van der Waals surface area contributed by atoms with E-state index in [4.69, 9.17) is 0 Å². The van der Waals surface area contributed by atoms with Crippen molar-refractivity contribution in [3.05, 3.63) is 35.6 Å². The van der Waals surface area contributed by atoms with Crippen LogP contribution in [-0.4, -0.2) is 34.8 Å². The number of urea groups is 1. The number of amides is 4. The number of hydrogen-bond donors (Lipinski definition) is 2. The van der Waals surface area contributed by atoms with Gasteiger partial charge in [-0.2, -0.15) is 0 Å². The zero-order chi connectivity index (χ0) is 19.8. The van der Waals surface area contributed by atoms with Gasteiger partial charge in [-0.05, 0) is 48.3 Å². The number of halogens is 1. The molecular formula is C20H26FN3O3. The van der Waals surface area contributed by atoms with Gasteiger partial charge >= 0.3 is 6.03 Å². The quantitative estimate of drug-likeness (QED) is 0.794. The predicted molar refractivity (Wildman–Crippen MR) is 98.0 cm³/mol. The summed E-state index contributed by atoms with van der Waals surface area (Å²) in [6, 6.07) is 5.38. The second-order valence-corrected chi connectivity index (χ2v) is 8.66. The maximum Gasteiger partial charge on any atom is 0.325 e. The molecule has 1 heterocycles. The lowest BCUT2D eigenvalue weighted by Gasteiger charge is -2.43. The molecule has 2 aliphatic rings. The molecule has 7 heteroatoms. The zero-order valence-corrected chi connectivity index (χ0v) is 16.0. The number of imide groups is 1. The molecule has 4 amide bonds. The van der Waals surface area contributed by atoms with E-state index in [1.807, 2.05) is 0 Å². The highest BCUT2D eigenvalue weighted by atomic mass is 19.1. The van der Waals surface area contributed by atoms with Crippen molar-refractivity contribution < 1.29 is 18.8 Å². The van der Waals surface area contributed by atoms with Crippen LogP contribution in [0.3, 0.4) is 0 Å². The van der Waals surface area contributed by atoms with Gasteiger partial charge in [0.2, 0.25) is 5.91 Å². The van der Waals surface area contributed by atoms with Gasteiger partial charge in [0.15, 0.2) is 0 Å². The summed E-state index contributed by atoms with van der Waals surface area (Å²) in [6.07, 6.45) is 2.14. The third kappa shape index (κ3) is 4.12. The molecule has 1 saturated carbocycles. The van der Waals surface area contributed by atoms with Crippen molar-refractivity contribution in [1.82, 2.24) is 15.5 Å². The van der Waals surface area contributed by atoms with Gasteiger partial charge in [0.25, 0.3) is 5.91 Å². The minimum absolute atomic E-state index is 0.0593. The van der Waals surface area contributed by atoms with Crippen LogP contribution in [-0.2, 0) is 16.1 Å². The van der Waals surface area contributed by atoms with Crippen LogP contribution in [0.25, 0.3) is 0 Å². The standard InChI is InChI=1S/C20H26FN3O3/c1-13-8-19(2,3)12-20(9-13)17(26)24(18(27)23-20)11-16(25)22-10-14-5-4-6-15(21)7-14/h4-7,13H,8-12H2,1-3H3,(H,22,25)(H,23,27). The van der Waals surface area contributed by atoms with E-state index in [0.717, 1.165) is 11.3 Å². The van der Waals surface area contributed by atoms with E-state index >= 15 is 0 Å². The highest BCUT2D eigenvalue weighted by Gasteiger charge is 2.56. The molecule has 1 aliphatic heterocycles. The van der Waals surface area contributed by atoms with Crippen LogP contribution in [0.1, 0.15) is 45.6 Å². The lowest BCUT2D eigenvalue weighted by molar-refractivity contribution is -0.137. The van der Waals surface area contributed by atoms with Gasteiger partial charge < -0.3 is 10.6 Å². The summed E-state index contributed by atoms with van der Waals surface area (Å²) in [5, 5.41) is 5.48. The highest BCUT2D eigenvalue weighted by Crippen LogP contribution is 2.46. The maximum atomic E-state index is 13.2. The van der Waals surface area contributed by atoms with Crippen LogP contribution in [0.15, 0.2) is 24.3 Å². The van der Waals surface area contributed by atoms with Crippen LogP contribution in [0, 0.1) is 17.2 Å². The molecule has 1 aromatic carbocycles. The molecule has 0 aromatic heterocycles. The fourth-order valence-electron chi connectivity index (χ4n) is 4.70. The number of nitrogens with one attached hydrogen (secondary N) is 2. The summed E-state index contributed by atoms with van der Waals surface area (Å²) >= 11 is 0. The predicted octanol–water partition coefficient (Wildman–Crippen LogP) is 2.58. The van der Waals surface area contributed by atoms with Gasteiger partial charge in [-0.25, -0.2) is 9.18 Å². The molecule has 27 heavy (non-hydrogen) atoms. The SMILES string of the molecule is CC1CC(C)(C)CC2(C1)NC(=O)N(CC(=O)NCc1cccc(F)c1)C2=O. The van der Waals surface area contributed by atoms with Gasteiger partial charge in [-0.3, -0.25) is 14.5 Å². The van der Waals surface area contributed by atoms with E-state index in [-0.39, 0.29) is 30.2 Å². The topological polar surface area (TPSA) is 78.5 Å². The highest BCUT2D eigenvalue weighted by molar-refractivity contribution is 6.09. The fourth-order valence-corrected chi connectivity index (χ4v) is 4.70. The fraction of sp³-hybridized carbons (Fsp3) is 0.550. The lowest BCUT2D eigenvalue weighted by atomic mass is 9.64. The monoisotopic (exact) mass is 375 g/mol. The molecule has 2 fully saturated rings. The van der Waals surface area contributed by atoms with Crippen LogP contribution >= 0.6 is 0 Å². The lowest BCUT2D eigenvalue weighted by Crippen LogP contribution is -2.54. The Balaban J connectivity index is 1.64. The van der Waals surface area contributed by atoms with Crippen molar-refractivity contribution in [1.29, 1.82) is 0 Å². The van der Waals surface area contributed by atoms with E-state index in [9.17, 15) is 18.8 Å². The molecule has 3 rings (SSSR count). The van der Waals surface area contributed by atoms with E-state index in [1.165, 1.54) is 12.1 Å². The Kier molecular flexibility index (Phi) is 4.97. The number of benzene rings is 1. The number of hydrogen-bond acceptors (Lipinski definition) is 3. The van der Waals surface area contributed by atoms with E-state index in [1.54, 1.807) is 12.1 Å². The first-order chi connectivity index (χ1) is 12.6. The Morgan fingerprint density at radius 2 is 2.07 bits per heavy atom. The summed E-state index contributed by atoms with van der Waals surface area (Å²) in [5.41, 5.74) is -0.364. The molecule has 1 aromatic rings. The molecule has 2 atom stereocenters. The van der Waals surface area contributed by atoms with Crippen LogP contribution in [0.2, 0.25) is 0 Å². The molecule has 1 aliphatic carbocycles. The Labute approximate surface area is 158 Å². The summed E-state index contributed by atoms with van der Waals surface area (Å²) in [5.74, 6) is -0.859. The zero-order valence-electron chi connectivity index (χ0n) is 16.0. The minimum Gasteiger partial charge on any atom is -0.350 e. The molecule has 0 bridgehead atoms. The Morgan fingerprint density at radius 3 is 2.74 bits per heavy atom. The normalized spacial score (nSPS) is 27.0. The second-order valence-electron chi connectivity index (χ2n) is 8.66. The minimum atomic E-state index is -0.916. The molecule has 1 saturated heterocycles. The van der Waals surface area contributed by atoms with Crippen molar-refractivity contribution in [3.63, 3.8) is 0 Å². The van der Waals surface area contributed by atoms with Crippen molar-refractivity contribution in [2.45, 2.75) is 52.1 Å². The van der Waals surface area contributed by atoms with Crippen LogP contribution in [0.5, 0.6) is 0 Å². The number of nitrogens with zero attached hydrogens (tertiary/aromatic N) is 1. The van der Waals surface area contributed by atoms with Crippen molar-refractivity contribution in [3.8, 4) is 0 Å². The first-order valence-electron chi connectivity index (χ1n) is 9.25. The summed E-state index contributed by atoms with van der Waals surface area (Å²) in [4.78, 5) is 38.6. The van der Waals surface area contributed by atoms with Crippen molar-refractivity contribution in [2.75, 3.05) is 6.54 Å². The third-order valence-corrected chi connectivity index (χ3v) is 5.30. The number of carbonyl (C=O) groups excluding carboxylic acids is 3. The first kappa shape index (κ1) is 19.3. The Morgan fingerprint density at radius 1 is 1.33 bits per heavy atom. The van der Waals surface area contributed by atoms with Crippen molar-refractivity contribution in [2.24, 2.45) is 11.3 Å². The van der Waals surface area contributed by atoms with Crippen LogP contribution < -0.4 is 10.6 Å². The Hall–Kier alpha value is -2.44. The Bertz CT molecular complexity index is 779. The first-order valence-corrected chi connectivity index (χ1v) is 9.25. The summed E-state index contributed by atoms with van der Waals surface area (Å²) < 4.78 is 13.2. The summed E-state index contributed by atoms with van der Waals surface area (Å²) in [6.45, 7) is 6.07. The molecule has 2 N–H and O–H groups in total. The van der Waals surface area contributed by atoms with Gasteiger partial charge in [-0.15, -0.1) is 0 Å². The van der Waals surface area contributed by atoms with Gasteiger partial charge in [0, 0.05) is 6.54 Å². The van der Waals surface area contributed by atoms with Crippen LogP contribution in [0.4, 0.5) is 9.18 Å². The molecule has 146 valence electrons. The summed E-state index contributed by atoms with van der Waals surface area (Å²) in [7, 11) is 0. The third-order valence-electron chi connectivity index (χ3n) is 5.30. The molecule has 0 radical (unpaired) electrons. The number of rotatable bonds is 4. The maximum absolute atomic E-state index is 13.2. The molecular weight excluding hydrogens is 349 g/mol. The average Bonchev–Trinajstić information content (AvgIpc) is 2.74. The molecule has 1 spiro atoms. The number of carbonyl (C=O) groups is 3. The van der Waals surface area contributed by atoms with E-state index in [2.05, 4.69) is 31.4 Å². The molecule has 6 nitrogen and oxygen atoms in total. The average molecular weight is 375 g/mol. The van der Waals surface area contributed by atoms with Crippen molar-refractivity contribution >= 4 is 17.8 Å². The smallest absolute Gasteiger partial charge is 0.325 e. The second kappa shape index (κ2) is 6.94. The molecule has 2 unspecified atom stereocenters. The van der Waals surface area contributed by atoms with Gasteiger partial charge in [-0.1, -0.05) is 32.9 Å². The van der Waals surface area contributed by atoms with Gasteiger partial charge in [0.05, 0.1) is 0 Å². The van der Waals surface area contributed by atoms with E-state index in [0.29, 0.717) is 24.3 Å². The van der Waals surface area contributed by atoms with Gasteiger partial charge in [0.1, 0.15) is 17.9 Å². The van der Waals surface area contributed by atoms with E-state index < -0.39 is 17.5 Å². The largest absolute Gasteiger partial charge is 0.350 e.